The summed E-state index contributed by atoms with van der Waals surface area (Å²) in [7, 11) is 5.65. The molecule has 1 aromatic carbocycles. The lowest BCUT2D eigenvalue weighted by Gasteiger charge is -2.40. The lowest BCUT2D eigenvalue weighted by atomic mass is 9.90. The molecule has 0 spiro atoms. The SMILES string of the molecule is [B]C(=O)c1ccccc1-c1nc2c(cc1Cl)c(N1CCN(C(=O)C=C)C[C@@H]1C)nc(=O)n2-c1c(C)ccnc1C(CF)CF. The predicted octanol–water partition coefficient (Wildman–Crippen LogP) is 4.36. The van der Waals surface area contributed by atoms with E-state index in [0.717, 1.165) is 0 Å². The van der Waals surface area contributed by atoms with Gasteiger partial charge in [0.25, 0.3) is 0 Å². The summed E-state index contributed by atoms with van der Waals surface area (Å²) in [6, 6.07) is 9.46. The minimum atomic E-state index is -1.23. The minimum Gasteiger partial charge on any atom is -0.350 e. The zero-order valence-corrected chi connectivity index (χ0v) is 24.9. The molecule has 0 saturated carbocycles. The van der Waals surface area contributed by atoms with Crippen molar-refractivity contribution in [3.8, 4) is 16.9 Å². The van der Waals surface area contributed by atoms with Gasteiger partial charge in [0.2, 0.25) is 5.91 Å². The number of pyridine rings is 2. The second-order valence-corrected chi connectivity index (χ2v) is 11.0. The van der Waals surface area contributed by atoms with Gasteiger partial charge in [-0.25, -0.2) is 14.3 Å². The van der Waals surface area contributed by atoms with Crippen molar-refractivity contribution in [1.29, 1.82) is 0 Å². The van der Waals surface area contributed by atoms with Gasteiger partial charge < -0.3 is 14.6 Å². The molecule has 0 N–H and O–H groups in total. The first-order chi connectivity index (χ1) is 21.1. The Morgan fingerprint density at radius 1 is 1.18 bits per heavy atom. The number of amides is 1. The number of anilines is 1. The summed E-state index contributed by atoms with van der Waals surface area (Å²) in [4.78, 5) is 55.7. The fourth-order valence-electron chi connectivity index (χ4n) is 5.57. The highest BCUT2D eigenvalue weighted by Crippen LogP contribution is 2.36. The number of halogens is 3. The van der Waals surface area contributed by atoms with Gasteiger partial charge in [-0.15, -0.1) is 0 Å². The number of benzene rings is 1. The number of aryl methyl sites for hydroxylation is 1. The van der Waals surface area contributed by atoms with Crippen LogP contribution in [0.25, 0.3) is 28.0 Å². The fraction of sp³-hybridized carbons (Fsp3) is 0.290. The number of piperazine rings is 1. The summed E-state index contributed by atoms with van der Waals surface area (Å²) in [5.41, 5.74) is -0.00642. The van der Waals surface area contributed by atoms with Gasteiger partial charge in [0.15, 0.2) is 13.5 Å². The molecular formula is C31H28BClF2N6O3. The normalized spacial score (nSPS) is 15.2. The van der Waals surface area contributed by atoms with Crippen molar-refractivity contribution in [2.75, 3.05) is 37.9 Å². The monoisotopic (exact) mass is 616 g/mol. The Hall–Kier alpha value is -4.45. The second-order valence-electron chi connectivity index (χ2n) is 10.6. The second kappa shape index (κ2) is 12.7. The molecule has 0 aliphatic carbocycles. The van der Waals surface area contributed by atoms with Crippen molar-refractivity contribution in [3.05, 3.63) is 87.6 Å². The molecule has 0 bridgehead atoms. The molecule has 1 atom stereocenters. The number of carbonyl (C=O) groups excluding carboxylic acids is 2. The molecule has 5 rings (SSSR count). The van der Waals surface area contributed by atoms with Gasteiger partial charge in [0.1, 0.15) is 24.8 Å². The van der Waals surface area contributed by atoms with Crippen LogP contribution in [-0.2, 0) is 4.79 Å². The third-order valence-corrected chi connectivity index (χ3v) is 8.06. The standard InChI is InChI=1S/C31H28BClF2N6O3/c1-4-24(42)39-11-12-40(18(3)16-39)29-22-13-23(33)26(20-7-5-6-8-21(20)28(32)43)37-30(22)41(31(44)38-29)27-17(2)9-10-36-25(27)19(14-34)15-35/h4-10,13,18-19H,1,11-12,14-16H2,2-3H3/t18-/m0/s1. The summed E-state index contributed by atoms with van der Waals surface area (Å²) in [5.74, 6) is -1.16. The number of alkyl halides is 2. The third-order valence-electron chi connectivity index (χ3n) is 7.77. The zero-order valence-electron chi connectivity index (χ0n) is 24.1. The Labute approximate surface area is 258 Å². The molecule has 1 aliphatic rings. The smallest absolute Gasteiger partial charge is 0.350 e. The van der Waals surface area contributed by atoms with Crippen LogP contribution in [0.3, 0.4) is 0 Å². The molecule has 4 heterocycles. The van der Waals surface area contributed by atoms with Crippen molar-refractivity contribution in [2.45, 2.75) is 25.8 Å². The van der Waals surface area contributed by atoms with Gasteiger partial charge in [-0.1, -0.05) is 42.4 Å². The third kappa shape index (κ3) is 5.50. The van der Waals surface area contributed by atoms with E-state index in [9.17, 15) is 23.2 Å². The first-order valence-corrected chi connectivity index (χ1v) is 14.3. The number of nitrogens with zero attached hydrogens (tertiary/aromatic N) is 6. The quantitative estimate of drug-likeness (QED) is 0.214. The Morgan fingerprint density at radius 3 is 2.57 bits per heavy atom. The molecule has 1 aliphatic heterocycles. The summed E-state index contributed by atoms with van der Waals surface area (Å²) in [6.45, 7) is 6.12. The van der Waals surface area contributed by atoms with E-state index < -0.39 is 30.6 Å². The van der Waals surface area contributed by atoms with Crippen molar-refractivity contribution in [1.82, 2.24) is 24.4 Å². The Kier molecular flexibility index (Phi) is 8.91. The molecule has 224 valence electrons. The van der Waals surface area contributed by atoms with Crippen molar-refractivity contribution in [2.24, 2.45) is 0 Å². The van der Waals surface area contributed by atoms with Gasteiger partial charge in [-0.2, -0.15) is 4.98 Å². The number of carbonyl (C=O) groups is 2. The van der Waals surface area contributed by atoms with E-state index in [4.69, 9.17) is 24.4 Å². The van der Waals surface area contributed by atoms with Crippen LogP contribution >= 0.6 is 11.6 Å². The molecule has 1 saturated heterocycles. The Bertz CT molecular complexity index is 1850. The summed E-state index contributed by atoms with van der Waals surface area (Å²) >= 11 is 6.82. The molecule has 2 radical (unpaired) electrons. The average Bonchev–Trinajstić information content (AvgIpc) is 3.01. The number of hydrogen-bond donors (Lipinski definition) is 0. The molecule has 44 heavy (non-hydrogen) atoms. The molecule has 1 amide bonds. The summed E-state index contributed by atoms with van der Waals surface area (Å²) < 4.78 is 29.2. The molecule has 13 heteroatoms. The number of rotatable bonds is 8. The number of aromatic nitrogens is 4. The predicted molar refractivity (Wildman–Crippen MR) is 166 cm³/mol. The maximum atomic E-state index is 14.0. The summed E-state index contributed by atoms with van der Waals surface area (Å²) in [6.07, 6.45) is 2.67. The van der Waals surface area contributed by atoms with Crippen molar-refractivity contribution >= 4 is 47.9 Å². The van der Waals surface area contributed by atoms with Gasteiger partial charge in [-0.05, 0) is 37.6 Å². The molecule has 0 unspecified atom stereocenters. The first-order valence-electron chi connectivity index (χ1n) is 13.9. The highest BCUT2D eigenvalue weighted by molar-refractivity contribution is 6.63. The van der Waals surface area contributed by atoms with E-state index in [0.29, 0.717) is 36.1 Å². The van der Waals surface area contributed by atoms with Gasteiger partial charge >= 0.3 is 5.69 Å². The average molecular weight is 617 g/mol. The minimum absolute atomic E-state index is 0.0358. The van der Waals surface area contributed by atoms with E-state index in [2.05, 4.69) is 16.5 Å². The Balaban J connectivity index is 1.84. The van der Waals surface area contributed by atoms with E-state index >= 15 is 0 Å². The highest BCUT2D eigenvalue weighted by Gasteiger charge is 2.31. The fourth-order valence-corrected chi connectivity index (χ4v) is 5.82. The molecular weight excluding hydrogens is 589 g/mol. The van der Waals surface area contributed by atoms with E-state index in [1.54, 1.807) is 42.2 Å². The van der Waals surface area contributed by atoms with E-state index in [1.165, 1.54) is 22.9 Å². The van der Waals surface area contributed by atoms with Crippen LogP contribution in [-0.4, -0.2) is 82.9 Å². The number of fused-ring (bicyclic) bond motifs is 1. The van der Waals surface area contributed by atoms with Crippen LogP contribution in [0.4, 0.5) is 14.6 Å². The van der Waals surface area contributed by atoms with Crippen LogP contribution in [0.5, 0.6) is 0 Å². The van der Waals surface area contributed by atoms with Crippen LogP contribution in [0.2, 0.25) is 5.02 Å². The van der Waals surface area contributed by atoms with E-state index in [1.807, 2.05) is 11.8 Å². The van der Waals surface area contributed by atoms with Gasteiger partial charge in [0, 0.05) is 43.0 Å². The lowest BCUT2D eigenvalue weighted by molar-refractivity contribution is -0.126. The largest absolute Gasteiger partial charge is 0.355 e. The van der Waals surface area contributed by atoms with Crippen LogP contribution < -0.4 is 10.6 Å². The molecule has 9 nitrogen and oxygen atoms in total. The van der Waals surface area contributed by atoms with Crippen molar-refractivity contribution in [3.63, 3.8) is 0 Å². The van der Waals surface area contributed by atoms with Crippen LogP contribution in [0.1, 0.15) is 34.5 Å². The topological polar surface area (TPSA) is 101 Å². The lowest BCUT2D eigenvalue weighted by Crippen LogP contribution is -2.54. The van der Waals surface area contributed by atoms with Crippen LogP contribution in [0, 0.1) is 6.92 Å². The highest BCUT2D eigenvalue weighted by atomic mass is 35.5. The molecule has 3 aromatic heterocycles. The Morgan fingerprint density at radius 2 is 1.91 bits per heavy atom. The maximum Gasteiger partial charge on any atom is 0.355 e. The first kappa shape index (κ1) is 31.0. The zero-order chi connectivity index (χ0) is 31.7. The summed E-state index contributed by atoms with van der Waals surface area (Å²) in [5, 5.41) is 0.526. The van der Waals surface area contributed by atoms with E-state index in [-0.39, 0.29) is 51.1 Å². The maximum absolute atomic E-state index is 14.0. The van der Waals surface area contributed by atoms with Gasteiger partial charge in [-0.3, -0.25) is 18.6 Å². The number of hydrogen-bond acceptors (Lipinski definition) is 7. The molecule has 1 fully saturated rings. The van der Waals surface area contributed by atoms with Gasteiger partial charge in [0.05, 0.1) is 33.4 Å². The van der Waals surface area contributed by atoms with Crippen molar-refractivity contribution < 1.29 is 18.4 Å². The molecule has 4 aromatic rings. The van der Waals surface area contributed by atoms with Crippen LogP contribution in [0.15, 0.2) is 60.0 Å².